The van der Waals surface area contributed by atoms with Crippen LogP contribution in [-0.2, 0) is 9.53 Å². The molecule has 0 saturated heterocycles. The van der Waals surface area contributed by atoms with Crippen molar-refractivity contribution >= 4 is 11.7 Å². The summed E-state index contributed by atoms with van der Waals surface area (Å²) in [6.07, 6.45) is -2.20. The zero-order valence-corrected chi connectivity index (χ0v) is 17.1. The zero-order chi connectivity index (χ0) is 22.1. The lowest BCUT2D eigenvalue weighted by Crippen LogP contribution is -2.38. The number of hydrogen-bond donors (Lipinski definition) is 2. The van der Waals surface area contributed by atoms with Gasteiger partial charge in [-0.15, -0.1) is 5.10 Å². The number of rotatable bonds is 11. The van der Waals surface area contributed by atoms with Crippen molar-refractivity contribution in [1.29, 1.82) is 0 Å². The highest BCUT2D eigenvalue weighted by Gasteiger charge is 2.36. The van der Waals surface area contributed by atoms with Crippen LogP contribution in [0.25, 0.3) is 0 Å². The summed E-state index contributed by atoms with van der Waals surface area (Å²) < 4.78 is 35.3. The van der Waals surface area contributed by atoms with Crippen LogP contribution >= 0.6 is 0 Å². The number of aryl methyl sites for hydroxylation is 1. The molecule has 1 aliphatic rings. The van der Waals surface area contributed by atoms with Crippen molar-refractivity contribution in [2.45, 2.75) is 57.8 Å². The molecule has 164 valence electrons. The quantitative estimate of drug-likeness (QED) is 0.245. The third-order valence-corrected chi connectivity index (χ3v) is 4.22. The first kappa shape index (κ1) is 23.4. The Balaban J connectivity index is 1.60. The summed E-state index contributed by atoms with van der Waals surface area (Å²) in [4.78, 5) is 11.9. The summed E-state index contributed by atoms with van der Waals surface area (Å²) in [6.45, 7) is 6.32. The number of carbonyl (C=O) groups excluding carboxylic acids is 1. The van der Waals surface area contributed by atoms with E-state index < -0.39 is 12.2 Å². The SMILES string of the molecule is C=C(CC/C(N)=N/N=NC1CC(OC(C)(F)F)C1)NC(=O)COc1ccc(C)cc1. The number of hydrogen-bond acceptors (Lipinski definition) is 5. The second-order valence-electron chi connectivity index (χ2n) is 7.22. The van der Waals surface area contributed by atoms with Gasteiger partial charge < -0.3 is 20.5 Å². The standard InChI is InChI=1S/C20H27F2N5O3/c1-13-4-7-16(8-5-13)29-12-19(28)24-14(2)6-9-18(23)26-27-25-15-10-17(11-15)30-20(3,21)22/h4-5,7-8,15,17H,2,6,9-12H2,1,3H3,(H,24,28)(H2,23,25,26). The molecule has 1 aromatic carbocycles. The lowest BCUT2D eigenvalue weighted by Gasteiger charge is -2.32. The van der Waals surface area contributed by atoms with Gasteiger partial charge in [-0.1, -0.05) is 24.3 Å². The summed E-state index contributed by atoms with van der Waals surface area (Å²) >= 11 is 0. The van der Waals surface area contributed by atoms with Crippen molar-refractivity contribution in [3.05, 3.63) is 42.1 Å². The molecular weight excluding hydrogens is 396 g/mol. The number of amidine groups is 1. The molecule has 0 atom stereocenters. The number of nitrogens with two attached hydrogens (primary N) is 1. The van der Waals surface area contributed by atoms with Crippen molar-refractivity contribution in [1.82, 2.24) is 5.32 Å². The summed E-state index contributed by atoms with van der Waals surface area (Å²) in [5, 5.41) is 13.9. The molecule has 10 heteroatoms. The van der Waals surface area contributed by atoms with Crippen molar-refractivity contribution in [3.8, 4) is 5.75 Å². The maximum Gasteiger partial charge on any atom is 0.353 e. The number of halogens is 2. The van der Waals surface area contributed by atoms with Crippen LogP contribution in [0.4, 0.5) is 8.78 Å². The predicted octanol–water partition coefficient (Wildman–Crippen LogP) is 3.67. The molecule has 0 spiro atoms. The summed E-state index contributed by atoms with van der Waals surface area (Å²) in [5.74, 6) is 0.503. The number of carbonyl (C=O) groups is 1. The maximum absolute atomic E-state index is 12.7. The second kappa shape index (κ2) is 10.8. The third-order valence-electron chi connectivity index (χ3n) is 4.22. The maximum atomic E-state index is 12.7. The molecule has 1 aliphatic carbocycles. The molecule has 1 amide bonds. The normalized spacial score (nSPS) is 19.4. The first-order valence-corrected chi connectivity index (χ1v) is 9.55. The van der Waals surface area contributed by atoms with E-state index in [4.69, 9.17) is 10.5 Å². The van der Waals surface area contributed by atoms with Crippen LogP contribution in [-0.4, -0.2) is 36.6 Å². The van der Waals surface area contributed by atoms with E-state index in [2.05, 4.69) is 32.1 Å². The van der Waals surface area contributed by atoms with Crippen molar-refractivity contribution < 1.29 is 23.0 Å². The van der Waals surface area contributed by atoms with Gasteiger partial charge in [0.05, 0.1) is 12.1 Å². The number of alkyl halides is 2. The molecule has 0 radical (unpaired) electrons. The Bertz CT molecular complexity index is 785. The fourth-order valence-corrected chi connectivity index (χ4v) is 2.59. The molecule has 30 heavy (non-hydrogen) atoms. The summed E-state index contributed by atoms with van der Waals surface area (Å²) in [6, 6.07) is 7.17. The Hall–Kier alpha value is -2.88. The minimum absolute atomic E-state index is 0.129. The molecule has 2 rings (SSSR count). The minimum Gasteiger partial charge on any atom is -0.484 e. The number of ether oxygens (including phenoxy) is 2. The topological polar surface area (TPSA) is 111 Å². The highest BCUT2D eigenvalue weighted by atomic mass is 19.3. The van der Waals surface area contributed by atoms with E-state index in [1.807, 2.05) is 19.1 Å². The molecule has 0 bridgehead atoms. The van der Waals surface area contributed by atoms with Gasteiger partial charge in [-0.05, 0) is 43.5 Å². The number of nitrogens with one attached hydrogen (secondary N) is 1. The highest BCUT2D eigenvalue weighted by Crippen LogP contribution is 2.31. The average molecular weight is 423 g/mol. The van der Waals surface area contributed by atoms with Gasteiger partial charge in [-0.25, -0.2) is 0 Å². The monoisotopic (exact) mass is 423 g/mol. The number of benzene rings is 1. The second-order valence-corrected chi connectivity index (χ2v) is 7.22. The lowest BCUT2D eigenvalue weighted by molar-refractivity contribution is -0.263. The van der Waals surface area contributed by atoms with Gasteiger partial charge >= 0.3 is 6.11 Å². The van der Waals surface area contributed by atoms with Crippen LogP contribution in [0.15, 0.2) is 52.0 Å². The van der Waals surface area contributed by atoms with Crippen LogP contribution in [0.2, 0.25) is 0 Å². The van der Waals surface area contributed by atoms with E-state index in [1.54, 1.807) is 12.1 Å². The predicted molar refractivity (Wildman–Crippen MR) is 108 cm³/mol. The van der Waals surface area contributed by atoms with E-state index in [0.717, 1.165) is 5.56 Å². The van der Waals surface area contributed by atoms with E-state index in [1.165, 1.54) is 0 Å². The molecule has 0 heterocycles. The van der Waals surface area contributed by atoms with E-state index >= 15 is 0 Å². The van der Waals surface area contributed by atoms with Crippen molar-refractivity contribution in [3.63, 3.8) is 0 Å². The Morgan fingerprint density at radius 1 is 1.30 bits per heavy atom. The van der Waals surface area contributed by atoms with Gasteiger partial charge in [0.1, 0.15) is 11.6 Å². The number of nitrogens with zero attached hydrogens (tertiary/aromatic N) is 3. The Morgan fingerprint density at radius 3 is 2.60 bits per heavy atom. The molecule has 0 aromatic heterocycles. The average Bonchev–Trinajstić information content (AvgIpc) is 2.63. The van der Waals surface area contributed by atoms with Gasteiger partial charge in [0.2, 0.25) is 0 Å². The van der Waals surface area contributed by atoms with Gasteiger partial charge in [0.15, 0.2) is 6.61 Å². The van der Waals surface area contributed by atoms with E-state index in [-0.39, 0.29) is 24.4 Å². The molecule has 3 N–H and O–H groups in total. The molecule has 1 saturated carbocycles. The van der Waals surface area contributed by atoms with Crippen LogP contribution < -0.4 is 15.8 Å². The van der Waals surface area contributed by atoms with Crippen molar-refractivity contribution in [2.75, 3.05) is 6.61 Å². The molecule has 0 aliphatic heterocycles. The number of allylic oxidation sites excluding steroid dienone is 1. The fourth-order valence-electron chi connectivity index (χ4n) is 2.59. The Kier molecular flexibility index (Phi) is 8.40. The summed E-state index contributed by atoms with van der Waals surface area (Å²) in [7, 11) is 0. The minimum atomic E-state index is -3.14. The molecule has 8 nitrogen and oxygen atoms in total. The largest absolute Gasteiger partial charge is 0.484 e. The van der Waals surface area contributed by atoms with Crippen molar-refractivity contribution in [2.24, 2.45) is 21.2 Å². The van der Waals surface area contributed by atoms with Crippen LogP contribution in [0.1, 0.15) is 38.2 Å². The van der Waals surface area contributed by atoms with Gasteiger partial charge in [-0.2, -0.15) is 13.9 Å². The molecule has 1 fully saturated rings. The first-order chi connectivity index (χ1) is 14.1. The van der Waals surface area contributed by atoms with E-state index in [0.29, 0.717) is 44.1 Å². The fraction of sp³-hybridized carbons (Fsp3) is 0.500. The molecular formula is C20H27F2N5O3. The van der Waals surface area contributed by atoms with Gasteiger partial charge in [0, 0.05) is 19.0 Å². The van der Waals surface area contributed by atoms with Crippen LogP contribution in [0.5, 0.6) is 5.75 Å². The Morgan fingerprint density at radius 2 is 1.97 bits per heavy atom. The third kappa shape index (κ3) is 9.08. The van der Waals surface area contributed by atoms with Gasteiger partial charge in [-0.3, -0.25) is 4.79 Å². The van der Waals surface area contributed by atoms with E-state index in [9.17, 15) is 13.6 Å². The Labute approximate surface area is 174 Å². The lowest BCUT2D eigenvalue weighted by atomic mass is 9.90. The van der Waals surface area contributed by atoms with Crippen LogP contribution in [0.3, 0.4) is 0 Å². The van der Waals surface area contributed by atoms with Gasteiger partial charge in [0.25, 0.3) is 5.91 Å². The van der Waals surface area contributed by atoms with Crippen LogP contribution in [0, 0.1) is 6.92 Å². The summed E-state index contributed by atoms with van der Waals surface area (Å²) in [5.41, 5.74) is 7.33. The highest BCUT2D eigenvalue weighted by molar-refractivity contribution is 5.81. The molecule has 1 aromatic rings. The number of amides is 1. The smallest absolute Gasteiger partial charge is 0.353 e. The first-order valence-electron chi connectivity index (χ1n) is 9.55. The molecule has 0 unspecified atom stereocenters. The zero-order valence-electron chi connectivity index (χ0n) is 17.1.